The summed E-state index contributed by atoms with van der Waals surface area (Å²) < 4.78 is 44.5. The number of carbonyl (C=O) groups excluding carboxylic acids is 1. The van der Waals surface area contributed by atoms with Gasteiger partial charge in [-0.2, -0.15) is 18.4 Å². The molecule has 0 fully saturated rings. The Morgan fingerprint density at radius 3 is 2.38 bits per heavy atom. The Bertz CT molecular complexity index is 866. The molecular weight excluding hydrogens is 369 g/mol. The second-order valence-electron chi connectivity index (χ2n) is 5.56. The highest BCUT2D eigenvalue weighted by atomic mass is 35.5. The Morgan fingerprint density at radius 2 is 1.85 bits per heavy atom. The van der Waals surface area contributed by atoms with Gasteiger partial charge in [-0.15, -0.1) is 0 Å². The number of benzene rings is 2. The molecule has 0 aliphatic rings. The molecular formula is C18H14ClF3N2O2. The van der Waals surface area contributed by atoms with Crippen molar-refractivity contribution in [3.63, 3.8) is 0 Å². The number of nitriles is 1. The number of nitrogens with zero attached hydrogens (tertiary/aromatic N) is 1. The van der Waals surface area contributed by atoms with Crippen molar-refractivity contribution in [1.82, 2.24) is 0 Å². The van der Waals surface area contributed by atoms with E-state index in [0.29, 0.717) is 10.8 Å². The van der Waals surface area contributed by atoms with E-state index in [-0.39, 0.29) is 11.4 Å². The first-order chi connectivity index (χ1) is 12.1. The van der Waals surface area contributed by atoms with Crippen LogP contribution in [0.1, 0.15) is 23.1 Å². The Morgan fingerprint density at radius 1 is 1.23 bits per heavy atom. The minimum absolute atomic E-state index is 0.0189. The maximum absolute atomic E-state index is 12.9. The van der Waals surface area contributed by atoms with Gasteiger partial charge in [0.2, 0.25) is 5.91 Å². The highest BCUT2D eigenvalue weighted by Gasteiger charge is 2.31. The first-order valence-corrected chi connectivity index (χ1v) is 7.82. The van der Waals surface area contributed by atoms with Crippen molar-refractivity contribution in [3.8, 4) is 17.6 Å². The first-order valence-electron chi connectivity index (χ1n) is 7.44. The molecule has 0 bridgehead atoms. The maximum Gasteiger partial charge on any atom is 0.416 e. The predicted molar refractivity (Wildman–Crippen MR) is 91.3 cm³/mol. The van der Waals surface area contributed by atoms with Crippen molar-refractivity contribution >= 4 is 23.2 Å². The maximum atomic E-state index is 12.9. The molecule has 8 heteroatoms. The molecule has 136 valence electrons. The van der Waals surface area contributed by atoms with E-state index in [4.69, 9.17) is 21.6 Å². The quantitative estimate of drug-likeness (QED) is 0.746. The monoisotopic (exact) mass is 382 g/mol. The normalized spacial score (nSPS) is 11.0. The summed E-state index contributed by atoms with van der Waals surface area (Å²) in [7, 11) is 0. The number of halogens is 4. The van der Waals surface area contributed by atoms with Gasteiger partial charge in [-0.25, -0.2) is 0 Å². The van der Waals surface area contributed by atoms with Crippen molar-refractivity contribution in [3.05, 3.63) is 52.0 Å². The van der Waals surface area contributed by atoms with Crippen LogP contribution in [0.5, 0.6) is 11.5 Å². The van der Waals surface area contributed by atoms with Crippen LogP contribution in [0.3, 0.4) is 0 Å². The molecule has 0 aromatic heterocycles. The fourth-order valence-electron chi connectivity index (χ4n) is 2.25. The third kappa shape index (κ3) is 4.67. The molecule has 1 N–H and O–H groups in total. The molecule has 0 radical (unpaired) electrons. The summed E-state index contributed by atoms with van der Waals surface area (Å²) in [4.78, 5) is 11.6. The van der Waals surface area contributed by atoms with Crippen molar-refractivity contribution in [2.24, 2.45) is 0 Å². The lowest BCUT2D eigenvalue weighted by Crippen LogP contribution is -2.13. The highest BCUT2D eigenvalue weighted by molar-refractivity contribution is 6.32. The topological polar surface area (TPSA) is 62.1 Å². The van der Waals surface area contributed by atoms with E-state index < -0.39 is 24.1 Å². The van der Waals surface area contributed by atoms with Gasteiger partial charge in [0.15, 0.2) is 5.75 Å². The van der Waals surface area contributed by atoms with Crippen LogP contribution in [0.15, 0.2) is 30.3 Å². The number of carbonyl (C=O) groups is 1. The molecule has 0 spiro atoms. The SMILES string of the molecule is Cc1cc(Oc2ccc(C(F)(F)F)cc2NC(=O)CC#N)cc(C)c1Cl. The number of aryl methyl sites for hydroxylation is 2. The van der Waals surface area contributed by atoms with Crippen LogP contribution in [-0.2, 0) is 11.0 Å². The zero-order valence-corrected chi connectivity index (χ0v) is 14.6. The van der Waals surface area contributed by atoms with Crippen LogP contribution in [0, 0.1) is 25.2 Å². The zero-order chi connectivity index (χ0) is 19.5. The minimum atomic E-state index is -4.58. The van der Waals surface area contributed by atoms with E-state index >= 15 is 0 Å². The fraction of sp³-hybridized carbons (Fsp3) is 0.222. The molecule has 26 heavy (non-hydrogen) atoms. The van der Waals surface area contributed by atoms with Gasteiger partial charge < -0.3 is 10.1 Å². The average molecular weight is 383 g/mol. The Kier molecular flexibility index (Phi) is 5.78. The number of anilines is 1. The third-order valence-corrected chi connectivity index (χ3v) is 4.05. The van der Waals surface area contributed by atoms with Gasteiger partial charge >= 0.3 is 6.18 Å². The van der Waals surface area contributed by atoms with Gasteiger partial charge in [-0.3, -0.25) is 4.79 Å². The number of hydrogen-bond donors (Lipinski definition) is 1. The van der Waals surface area contributed by atoms with Crippen LogP contribution in [0.25, 0.3) is 0 Å². The Hall–Kier alpha value is -2.72. The third-order valence-electron chi connectivity index (χ3n) is 3.46. The van der Waals surface area contributed by atoms with Crippen LogP contribution in [-0.4, -0.2) is 5.91 Å². The van der Waals surface area contributed by atoms with E-state index in [0.717, 1.165) is 29.3 Å². The van der Waals surface area contributed by atoms with Gasteiger partial charge in [0, 0.05) is 5.02 Å². The summed E-state index contributed by atoms with van der Waals surface area (Å²) in [6.45, 7) is 3.54. The second-order valence-corrected chi connectivity index (χ2v) is 5.94. The standard InChI is InChI=1S/C18H14ClF3N2O2/c1-10-7-13(8-11(2)17(10)19)26-15-4-3-12(18(20,21)22)9-14(15)24-16(25)5-6-23/h3-4,7-9H,5H2,1-2H3,(H,24,25). The molecule has 0 aliphatic carbocycles. The molecule has 0 heterocycles. The smallest absolute Gasteiger partial charge is 0.416 e. The average Bonchev–Trinajstić information content (AvgIpc) is 2.53. The number of rotatable bonds is 4. The lowest BCUT2D eigenvalue weighted by molar-refractivity contribution is -0.137. The van der Waals surface area contributed by atoms with Crippen molar-refractivity contribution in [1.29, 1.82) is 5.26 Å². The fourth-order valence-corrected chi connectivity index (χ4v) is 2.36. The molecule has 0 aliphatic heterocycles. The lowest BCUT2D eigenvalue weighted by atomic mass is 10.1. The van der Waals surface area contributed by atoms with Gasteiger partial charge in [0.25, 0.3) is 0 Å². The number of amides is 1. The molecule has 2 rings (SSSR count). The van der Waals surface area contributed by atoms with Crippen LogP contribution in [0.4, 0.5) is 18.9 Å². The van der Waals surface area contributed by atoms with Gasteiger partial charge in [-0.1, -0.05) is 11.6 Å². The molecule has 2 aromatic rings. The molecule has 0 saturated carbocycles. The predicted octanol–water partition coefficient (Wildman–Crippen LogP) is 5.62. The van der Waals surface area contributed by atoms with Gasteiger partial charge in [-0.05, 0) is 55.3 Å². The summed E-state index contributed by atoms with van der Waals surface area (Å²) in [6, 6.07) is 7.63. The summed E-state index contributed by atoms with van der Waals surface area (Å²) >= 11 is 6.09. The second kappa shape index (κ2) is 7.67. The van der Waals surface area contributed by atoms with Gasteiger partial charge in [0.05, 0.1) is 17.3 Å². The Balaban J connectivity index is 2.43. The lowest BCUT2D eigenvalue weighted by Gasteiger charge is -2.16. The van der Waals surface area contributed by atoms with Gasteiger partial charge in [0.1, 0.15) is 12.2 Å². The van der Waals surface area contributed by atoms with Crippen LogP contribution >= 0.6 is 11.6 Å². The molecule has 0 saturated heterocycles. The molecule has 0 atom stereocenters. The van der Waals surface area contributed by atoms with E-state index in [2.05, 4.69) is 5.32 Å². The number of hydrogen-bond acceptors (Lipinski definition) is 3. The molecule has 1 amide bonds. The summed E-state index contributed by atoms with van der Waals surface area (Å²) in [6.07, 6.45) is -5.07. The largest absolute Gasteiger partial charge is 0.455 e. The van der Waals surface area contributed by atoms with E-state index in [1.54, 1.807) is 32.0 Å². The molecule has 4 nitrogen and oxygen atoms in total. The first kappa shape index (κ1) is 19.6. The van der Waals surface area contributed by atoms with E-state index in [1.807, 2.05) is 0 Å². The Labute approximate surface area is 153 Å². The number of ether oxygens (including phenoxy) is 1. The zero-order valence-electron chi connectivity index (χ0n) is 13.9. The van der Waals surface area contributed by atoms with Crippen LogP contribution in [0.2, 0.25) is 5.02 Å². The van der Waals surface area contributed by atoms with Crippen molar-refractivity contribution < 1.29 is 22.7 Å². The summed E-state index contributed by atoms with van der Waals surface area (Å²) in [5.41, 5.74) is 0.359. The minimum Gasteiger partial charge on any atom is -0.455 e. The van der Waals surface area contributed by atoms with E-state index in [9.17, 15) is 18.0 Å². The summed E-state index contributed by atoms with van der Waals surface area (Å²) in [5.74, 6) is -0.356. The number of nitrogens with one attached hydrogen (secondary N) is 1. The summed E-state index contributed by atoms with van der Waals surface area (Å²) in [5, 5.41) is 11.4. The van der Waals surface area contributed by atoms with Crippen molar-refractivity contribution in [2.45, 2.75) is 26.4 Å². The molecule has 2 aromatic carbocycles. The van der Waals surface area contributed by atoms with Crippen molar-refractivity contribution in [2.75, 3.05) is 5.32 Å². The highest BCUT2D eigenvalue weighted by Crippen LogP contribution is 2.38. The van der Waals surface area contributed by atoms with Crippen LogP contribution < -0.4 is 10.1 Å². The number of alkyl halides is 3. The van der Waals surface area contributed by atoms with E-state index in [1.165, 1.54) is 0 Å². The molecule has 0 unspecified atom stereocenters.